The van der Waals surface area contributed by atoms with Gasteiger partial charge in [0.25, 0.3) is 10.0 Å². The van der Waals surface area contributed by atoms with Gasteiger partial charge < -0.3 is 5.32 Å². The second-order valence-corrected chi connectivity index (χ2v) is 10.2. The summed E-state index contributed by atoms with van der Waals surface area (Å²) in [4.78, 5) is 17.7. The number of sulfonamides is 1. The normalized spacial score (nSPS) is 18.5. The van der Waals surface area contributed by atoms with E-state index >= 15 is 0 Å². The third-order valence-corrected chi connectivity index (χ3v) is 7.72. The van der Waals surface area contributed by atoms with Crippen LogP contribution < -0.4 is 10.0 Å². The zero-order valence-electron chi connectivity index (χ0n) is 17.9. The number of carbonyl (C=O) groups excluding carboxylic acids is 1. The number of aliphatic imine (C=N–C) groups is 1. The molecule has 170 valence electrons. The Bertz CT molecular complexity index is 1110. The van der Waals surface area contributed by atoms with Crippen molar-refractivity contribution >= 4 is 27.5 Å². The SMILES string of the molecule is O=C(Nc1ccc(S(=O)(=O)NC2=NCCCCC2)cc1)C1(c2cccc(F)c2)CCCC1. The van der Waals surface area contributed by atoms with Crippen molar-refractivity contribution in [3.8, 4) is 0 Å². The first-order chi connectivity index (χ1) is 15.4. The van der Waals surface area contributed by atoms with Gasteiger partial charge >= 0.3 is 0 Å². The molecule has 6 nitrogen and oxygen atoms in total. The van der Waals surface area contributed by atoms with Gasteiger partial charge in [0.15, 0.2) is 0 Å². The van der Waals surface area contributed by atoms with Crippen LogP contribution >= 0.6 is 0 Å². The number of rotatable bonds is 5. The van der Waals surface area contributed by atoms with Crippen LogP contribution in [0.15, 0.2) is 58.4 Å². The van der Waals surface area contributed by atoms with E-state index < -0.39 is 15.4 Å². The van der Waals surface area contributed by atoms with Gasteiger partial charge in [0, 0.05) is 18.7 Å². The molecule has 0 radical (unpaired) electrons. The molecule has 2 N–H and O–H groups in total. The van der Waals surface area contributed by atoms with Crippen molar-refractivity contribution in [1.29, 1.82) is 0 Å². The van der Waals surface area contributed by atoms with Gasteiger partial charge in [0.1, 0.15) is 11.7 Å². The fourth-order valence-corrected chi connectivity index (χ4v) is 5.64. The van der Waals surface area contributed by atoms with E-state index in [0.717, 1.165) is 32.1 Å². The largest absolute Gasteiger partial charge is 0.325 e. The van der Waals surface area contributed by atoms with E-state index in [1.807, 2.05) is 0 Å². The van der Waals surface area contributed by atoms with Gasteiger partial charge in [-0.05, 0) is 67.6 Å². The molecule has 2 aliphatic rings. The third kappa shape index (κ3) is 4.85. The van der Waals surface area contributed by atoms with Gasteiger partial charge in [-0.2, -0.15) is 0 Å². The average molecular weight is 458 g/mol. The first kappa shape index (κ1) is 22.5. The van der Waals surface area contributed by atoms with Crippen LogP contribution in [0.3, 0.4) is 0 Å². The summed E-state index contributed by atoms with van der Waals surface area (Å²) in [6.07, 6.45) is 6.65. The summed E-state index contributed by atoms with van der Waals surface area (Å²) in [6.45, 7) is 0.635. The van der Waals surface area contributed by atoms with E-state index in [1.165, 1.54) is 24.3 Å². The van der Waals surface area contributed by atoms with Crippen LogP contribution in [0.2, 0.25) is 0 Å². The summed E-state index contributed by atoms with van der Waals surface area (Å²) in [6, 6.07) is 12.3. The highest BCUT2D eigenvalue weighted by atomic mass is 32.2. The lowest BCUT2D eigenvalue weighted by Crippen LogP contribution is -2.38. The smallest absolute Gasteiger partial charge is 0.262 e. The number of nitrogens with zero attached hydrogens (tertiary/aromatic N) is 1. The highest BCUT2D eigenvalue weighted by molar-refractivity contribution is 7.90. The Morgan fingerprint density at radius 2 is 1.72 bits per heavy atom. The van der Waals surface area contributed by atoms with Crippen LogP contribution in [0.5, 0.6) is 0 Å². The number of benzene rings is 2. The van der Waals surface area contributed by atoms with Gasteiger partial charge in [-0.15, -0.1) is 0 Å². The summed E-state index contributed by atoms with van der Waals surface area (Å²) in [5, 5.41) is 2.91. The monoisotopic (exact) mass is 457 g/mol. The second kappa shape index (κ2) is 9.40. The van der Waals surface area contributed by atoms with Crippen LogP contribution in [0.1, 0.15) is 56.9 Å². The van der Waals surface area contributed by atoms with E-state index in [9.17, 15) is 17.6 Å². The van der Waals surface area contributed by atoms with Gasteiger partial charge in [0.05, 0.1) is 10.3 Å². The average Bonchev–Trinajstić information content (AvgIpc) is 3.15. The van der Waals surface area contributed by atoms with Gasteiger partial charge in [-0.25, -0.2) is 12.8 Å². The molecule has 1 saturated carbocycles. The molecule has 8 heteroatoms. The lowest BCUT2D eigenvalue weighted by Gasteiger charge is -2.28. The first-order valence-electron chi connectivity index (χ1n) is 11.1. The van der Waals surface area contributed by atoms with Crippen molar-refractivity contribution in [2.75, 3.05) is 11.9 Å². The van der Waals surface area contributed by atoms with E-state index in [4.69, 9.17) is 0 Å². The van der Waals surface area contributed by atoms with Crippen LogP contribution in [-0.2, 0) is 20.2 Å². The summed E-state index contributed by atoms with van der Waals surface area (Å²) in [5.41, 5.74) is 0.412. The molecule has 4 rings (SSSR count). The van der Waals surface area contributed by atoms with E-state index in [2.05, 4.69) is 15.0 Å². The minimum absolute atomic E-state index is 0.114. The number of halogens is 1. The number of amides is 1. The quantitative estimate of drug-likeness (QED) is 0.692. The highest BCUT2D eigenvalue weighted by Crippen LogP contribution is 2.42. The molecule has 0 aromatic heterocycles. The molecule has 0 unspecified atom stereocenters. The standard InChI is InChI=1S/C24H28FN3O3S/c25-19-8-6-7-18(17-19)24(14-3-4-15-24)23(29)27-20-10-12-21(13-11-20)32(30,31)28-22-9-2-1-5-16-26-22/h6-8,10-13,17H,1-5,9,14-16H2,(H,26,28)(H,27,29). The second-order valence-electron chi connectivity index (χ2n) is 8.52. The van der Waals surface area contributed by atoms with Crippen LogP contribution in [0, 0.1) is 5.82 Å². The Labute approximate surface area is 188 Å². The van der Waals surface area contributed by atoms with Crippen molar-refractivity contribution in [3.63, 3.8) is 0 Å². The summed E-state index contributed by atoms with van der Waals surface area (Å²) >= 11 is 0. The van der Waals surface area contributed by atoms with E-state index in [0.29, 0.717) is 42.9 Å². The molecule has 32 heavy (non-hydrogen) atoms. The van der Waals surface area contributed by atoms with E-state index in [-0.39, 0.29) is 16.6 Å². The van der Waals surface area contributed by atoms with E-state index in [1.54, 1.807) is 24.3 Å². The fourth-order valence-electron chi connectivity index (χ4n) is 4.55. The number of hydrogen-bond acceptors (Lipinski definition) is 4. The third-order valence-electron chi connectivity index (χ3n) is 6.32. The number of anilines is 1. The summed E-state index contributed by atoms with van der Waals surface area (Å²) in [5.74, 6) is -0.0535. The van der Waals surface area contributed by atoms with Gasteiger partial charge in [-0.3, -0.25) is 14.5 Å². The maximum Gasteiger partial charge on any atom is 0.262 e. The number of hydrogen-bond donors (Lipinski definition) is 2. The Balaban J connectivity index is 1.49. The maximum atomic E-state index is 13.8. The van der Waals surface area contributed by atoms with Crippen LogP contribution in [0.4, 0.5) is 10.1 Å². The van der Waals surface area contributed by atoms with Crippen molar-refractivity contribution in [3.05, 3.63) is 59.9 Å². The van der Waals surface area contributed by atoms with Crippen molar-refractivity contribution in [1.82, 2.24) is 4.72 Å². The molecule has 0 saturated heterocycles. The molecule has 0 atom stereocenters. The van der Waals surface area contributed by atoms with Crippen LogP contribution in [-0.4, -0.2) is 26.7 Å². The molecule has 1 fully saturated rings. The molecule has 1 amide bonds. The van der Waals surface area contributed by atoms with Gasteiger partial charge in [0.2, 0.25) is 5.91 Å². The molecule has 0 bridgehead atoms. The number of amidine groups is 1. The zero-order valence-corrected chi connectivity index (χ0v) is 18.8. The Hall–Kier alpha value is -2.74. The molecule has 2 aromatic rings. The fraction of sp³-hybridized carbons (Fsp3) is 0.417. The molecular formula is C24H28FN3O3S. The van der Waals surface area contributed by atoms with Crippen molar-refractivity contribution in [2.45, 2.75) is 61.7 Å². The number of nitrogens with one attached hydrogen (secondary N) is 2. The zero-order chi connectivity index (χ0) is 22.6. The lowest BCUT2D eigenvalue weighted by molar-refractivity contribution is -0.121. The Morgan fingerprint density at radius 1 is 0.969 bits per heavy atom. The Kier molecular flexibility index (Phi) is 6.60. The van der Waals surface area contributed by atoms with Crippen molar-refractivity contribution < 1.29 is 17.6 Å². The van der Waals surface area contributed by atoms with Gasteiger partial charge in [-0.1, -0.05) is 31.4 Å². The van der Waals surface area contributed by atoms with Crippen molar-refractivity contribution in [2.24, 2.45) is 4.99 Å². The summed E-state index contributed by atoms with van der Waals surface area (Å²) < 4.78 is 41.8. The highest BCUT2D eigenvalue weighted by Gasteiger charge is 2.42. The molecule has 1 aliphatic heterocycles. The Morgan fingerprint density at radius 3 is 2.44 bits per heavy atom. The topological polar surface area (TPSA) is 87.6 Å². The number of carbonyl (C=O) groups is 1. The summed E-state index contributed by atoms with van der Waals surface area (Å²) in [7, 11) is -3.73. The molecular weight excluding hydrogens is 429 g/mol. The molecule has 1 heterocycles. The minimum Gasteiger partial charge on any atom is -0.325 e. The van der Waals surface area contributed by atoms with Crippen LogP contribution in [0.25, 0.3) is 0 Å². The maximum absolute atomic E-state index is 13.8. The first-order valence-corrected chi connectivity index (χ1v) is 12.6. The lowest BCUT2D eigenvalue weighted by atomic mass is 9.78. The predicted molar refractivity (Wildman–Crippen MR) is 123 cm³/mol. The molecule has 2 aromatic carbocycles. The predicted octanol–water partition coefficient (Wildman–Crippen LogP) is 4.53. The molecule has 1 aliphatic carbocycles. The minimum atomic E-state index is -3.73. The molecule has 0 spiro atoms.